The SMILES string of the molecule is CCCc1nc(CSc2nnnn2-c2cc(C)ccc2OC)cs1. The highest BCUT2D eigenvalue weighted by molar-refractivity contribution is 7.98. The molecular formula is C16H19N5OS2. The summed E-state index contributed by atoms with van der Waals surface area (Å²) in [4.78, 5) is 4.64. The molecule has 0 unspecified atom stereocenters. The molecule has 2 aromatic heterocycles. The third kappa shape index (κ3) is 3.76. The number of nitrogens with zero attached hydrogens (tertiary/aromatic N) is 5. The second-order valence-corrected chi connectivity index (χ2v) is 7.20. The van der Waals surface area contributed by atoms with Crippen LogP contribution in [0, 0.1) is 6.92 Å². The summed E-state index contributed by atoms with van der Waals surface area (Å²) in [6, 6.07) is 5.95. The molecule has 0 aliphatic carbocycles. The van der Waals surface area contributed by atoms with E-state index >= 15 is 0 Å². The van der Waals surface area contributed by atoms with Crippen LogP contribution in [0.2, 0.25) is 0 Å². The average molecular weight is 361 g/mol. The van der Waals surface area contributed by atoms with Crippen molar-refractivity contribution in [2.45, 2.75) is 37.6 Å². The van der Waals surface area contributed by atoms with Gasteiger partial charge in [-0.2, -0.15) is 4.68 Å². The van der Waals surface area contributed by atoms with E-state index in [1.165, 1.54) is 5.01 Å². The quantitative estimate of drug-likeness (QED) is 0.598. The fourth-order valence-corrected chi connectivity index (χ4v) is 4.05. The van der Waals surface area contributed by atoms with Gasteiger partial charge in [0, 0.05) is 11.1 Å². The van der Waals surface area contributed by atoms with Crippen molar-refractivity contribution in [3.63, 3.8) is 0 Å². The molecule has 0 radical (unpaired) electrons. The van der Waals surface area contributed by atoms with Crippen molar-refractivity contribution in [2.24, 2.45) is 0 Å². The Morgan fingerprint density at radius 3 is 3.00 bits per heavy atom. The highest BCUT2D eigenvalue weighted by Gasteiger charge is 2.14. The summed E-state index contributed by atoms with van der Waals surface area (Å²) in [7, 11) is 1.65. The maximum absolute atomic E-state index is 5.44. The van der Waals surface area contributed by atoms with E-state index in [4.69, 9.17) is 4.74 Å². The predicted octanol–water partition coefficient (Wildman–Crippen LogP) is 3.68. The van der Waals surface area contributed by atoms with Crippen LogP contribution in [0.3, 0.4) is 0 Å². The van der Waals surface area contributed by atoms with Crippen molar-refractivity contribution in [3.8, 4) is 11.4 Å². The van der Waals surface area contributed by atoms with E-state index in [0.29, 0.717) is 0 Å². The molecule has 0 aliphatic rings. The fourth-order valence-electron chi connectivity index (χ4n) is 2.27. The topological polar surface area (TPSA) is 65.7 Å². The van der Waals surface area contributed by atoms with Gasteiger partial charge in [0.05, 0.1) is 17.8 Å². The van der Waals surface area contributed by atoms with Gasteiger partial charge in [-0.05, 0) is 47.9 Å². The molecule has 0 aliphatic heterocycles. The van der Waals surface area contributed by atoms with Crippen molar-refractivity contribution in [2.75, 3.05) is 7.11 Å². The van der Waals surface area contributed by atoms with Crippen LogP contribution in [0.5, 0.6) is 5.75 Å². The molecule has 0 fully saturated rings. The molecular weight excluding hydrogens is 342 g/mol. The molecule has 0 saturated heterocycles. The first-order valence-corrected chi connectivity index (χ1v) is 9.57. The standard InChI is InChI=1S/C16H19N5OS2/c1-4-5-15-17-12(9-23-15)10-24-16-18-19-20-21(16)13-8-11(2)6-7-14(13)22-3/h6-9H,4-5,10H2,1-3H3. The van der Waals surface area contributed by atoms with Gasteiger partial charge in [0.2, 0.25) is 5.16 Å². The number of hydrogen-bond donors (Lipinski definition) is 0. The normalized spacial score (nSPS) is 11.0. The summed E-state index contributed by atoms with van der Waals surface area (Å²) >= 11 is 3.29. The zero-order valence-corrected chi connectivity index (χ0v) is 15.5. The van der Waals surface area contributed by atoms with Gasteiger partial charge in [-0.3, -0.25) is 0 Å². The molecule has 0 saturated carbocycles. The first kappa shape index (κ1) is 16.9. The Balaban J connectivity index is 1.79. The summed E-state index contributed by atoms with van der Waals surface area (Å²) in [5.41, 5.74) is 3.04. The van der Waals surface area contributed by atoms with Crippen LogP contribution in [0.4, 0.5) is 0 Å². The number of benzene rings is 1. The molecule has 24 heavy (non-hydrogen) atoms. The fraction of sp³-hybridized carbons (Fsp3) is 0.375. The van der Waals surface area contributed by atoms with Gasteiger partial charge in [0.15, 0.2) is 0 Å². The highest BCUT2D eigenvalue weighted by Crippen LogP contribution is 2.28. The maximum Gasteiger partial charge on any atom is 0.214 e. The van der Waals surface area contributed by atoms with Gasteiger partial charge < -0.3 is 4.74 Å². The van der Waals surface area contributed by atoms with Crippen molar-refractivity contribution in [1.29, 1.82) is 0 Å². The number of aromatic nitrogens is 5. The number of methoxy groups -OCH3 is 1. The average Bonchev–Trinajstić information content (AvgIpc) is 3.22. The summed E-state index contributed by atoms with van der Waals surface area (Å²) < 4.78 is 7.15. The van der Waals surface area contributed by atoms with Crippen molar-refractivity contribution in [1.82, 2.24) is 25.2 Å². The van der Waals surface area contributed by atoms with Gasteiger partial charge in [-0.25, -0.2) is 4.98 Å². The third-order valence-corrected chi connectivity index (χ3v) is 5.33. The first-order valence-electron chi connectivity index (χ1n) is 7.70. The van der Waals surface area contributed by atoms with E-state index in [1.54, 1.807) is 34.9 Å². The lowest BCUT2D eigenvalue weighted by molar-refractivity contribution is 0.410. The molecule has 0 amide bonds. The van der Waals surface area contributed by atoms with Gasteiger partial charge >= 0.3 is 0 Å². The van der Waals surface area contributed by atoms with Crippen molar-refractivity contribution >= 4 is 23.1 Å². The maximum atomic E-state index is 5.44. The van der Waals surface area contributed by atoms with Crippen LogP contribution in [0.25, 0.3) is 5.69 Å². The van der Waals surface area contributed by atoms with E-state index in [-0.39, 0.29) is 0 Å². The van der Waals surface area contributed by atoms with E-state index in [0.717, 1.165) is 46.4 Å². The minimum absolute atomic E-state index is 0.726. The Labute approximate surface area is 149 Å². The molecule has 0 N–H and O–H groups in total. The minimum Gasteiger partial charge on any atom is -0.494 e. The molecule has 0 spiro atoms. The second-order valence-electron chi connectivity index (χ2n) is 5.32. The summed E-state index contributed by atoms with van der Waals surface area (Å²) in [6.07, 6.45) is 2.15. The lowest BCUT2D eigenvalue weighted by Gasteiger charge is -2.10. The van der Waals surface area contributed by atoms with Crippen LogP contribution in [0.15, 0.2) is 28.7 Å². The Morgan fingerprint density at radius 2 is 2.21 bits per heavy atom. The van der Waals surface area contributed by atoms with Crippen molar-refractivity contribution < 1.29 is 4.74 Å². The second kappa shape index (κ2) is 7.76. The Morgan fingerprint density at radius 1 is 1.33 bits per heavy atom. The van der Waals surface area contributed by atoms with Gasteiger partial charge in [0.1, 0.15) is 11.4 Å². The van der Waals surface area contributed by atoms with E-state index in [9.17, 15) is 0 Å². The van der Waals surface area contributed by atoms with Crippen LogP contribution >= 0.6 is 23.1 Å². The number of ether oxygens (including phenoxy) is 1. The van der Waals surface area contributed by atoms with Crippen molar-refractivity contribution in [3.05, 3.63) is 39.8 Å². The smallest absolute Gasteiger partial charge is 0.214 e. The Hall–Kier alpha value is -1.93. The van der Waals surface area contributed by atoms with E-state index in [1.807, 2.05) is 25.1 Å². The van der Waals surface area contributed by atoms with E-state index in [2.05, 4.69) is 32.8 Å². The molecule has 126 valence electrons. The largest absolute Gasteiger partial charge is 0.494 e. The Kier molecular flexibility index (Phi) is 5.47. The highest BCUT2D eigenvalue weighted by atomic mass is 32.2. The molecule has 8 heteroatoms. The number of aryl methyl sites for hydroxylation is 2. The van der Waals surface area contributed by atoms with Crippen LogP contribution in [-0.4, -0.2) is 32.3 Å². The molecule has 3 aromatic rings. The van der Waals surface area contributed by atoms with Crippen LogP contribution in [0.1, 0.15) is 29.6 Å². The van der Waals surface area contributed by atoms with Gasteiger partial charge in [0.25, 0.3) is 0 Å². The van der Waals surface area contributed by atoms with Gasteiger partial charge in [-0.15, -0.1) is 16.4 Å². The minimum atomic E-state index is 0.726. The lowest BCUT2D eigenvalue weighted by Crippen LogP contribution is -2.02. The summed E-state index contributed by atoms with van der Waals surface area (Å²) in [6.45, 7) is 4.20. The predicted molar refractivity (Wildman–Crippen MR) is 96.1 cm³/mol. The number of thioether (sulfide) groups is 1. The summed E-state index contributed by atoms with van der Waals surface area (Å²) in [5.74, 6) is 1.49. The molecule has 1 aromatic carbocycles. The first-order chi connectivity index (χ1) is 11.7. The zero-order valence-electron chi connectivity index (χ0n) is 13.9. The van der Waals surface area contributed by atoms with Gasteiger partial charge in [-0.1, -0.05) is 24.8 Å². The van der Waals surface area contributed by atoms with Crippen LogP contribution < -0.4 is 4.74 Å². The number of rotatable bonds is 7. The molecule has 3 rings (SSSR count). The van der Waals surface area contributed by atoms with E-state index < -0.39 is 0 Å². The lowest BCUT2D eigenvalue weighted by atomic mass is 10.2. The molecule has 0 bridgehead atoms. The Bertz CT molecular complexity index is 814. The molecule has 2 heterocycles. The third-order valence-electron chi connectivity index (χ3n) is 3.42. The number of thiazole rings is 1. The molecule has 6 nitrogen and oxygen atoms in total. The van der Waals surface area contributed by atoms with Crippen LogP contribution in [-0.2, 0) is 12.2 Å². The monoisotopic (exact) mass is 361 g/mol. The molecule has 0 atom stereocenters. The number of hydrogen-bond acceptors (Lipinski definition) is 7. The zero-order chi connectivity index (χ0) is 16.9. The number of tetrazole rings is 1. The summed E-state index contributed by atoms with van der Waals surface area (Å²) in [5, 5.41) is 16.1.